The van der Waals surface area contributed by atoms with Crippen LogP contribution in [0.5, 0.6) is 0 Å². The first kappa shape index (κ1) is 20.0. The molecule has 2 bridgehead atoms. The van der Waals surface area contributed by atoms with Crippen LogP contribution < -0.4 is 5.32 Å². The van der Waals surface area contributed by atoms with Gasteiger partial charge in [-0.2, -0.15) is 0 Å². The Morgan fingerprint density at radius 3 is 1.88 bits per heavy atom. The van der Waals surface area contributed by atoms with Crippen molar-refractivity contribution in [2.75, 3.05) is 39.3 Å². The van der Waals surface area contributed by atoms with Crippen molar-refractivity contribution in [2.45, 2.75) is 20.3 Å². The molecule has 2 atom stereocenters. The van der Waals surface area contributed by atoms with E-state index in [1.807, 2.05) is 18.7 Å². The summed E-state index contributed by atoms with van der Waals surface area (Å²) in [6, 6.07) is 0.238. The van der Waals surface area contributed by atoms with Crippen LogP contribution in [0.1, 0.15) is 20.3 Å². The molecule has 0 aliphatic carbocycles. The molecule has 0 aromatic rings. The van der Waals surface area contributed by atoms with Gasteiger partial charge in [-0.05, 0) is 45.2 Å². The van der Waals surface area contributed by atoms with Crippen LogP contribution in [0.3, 0.4) is 0 Å². The molecule has 2 aliphatic heterocycles. The maximum absolute atomic E-state index is 12.2. The Morgan fingerprint density at radius 1 is 1.04 bits per heavy atom. The number of nitrogens with one attached hydrogen (secondary N) is 1. The molecule has 8 nitrogen and oxygen atoms in total. The Bertz CT molecular complexity index is 448. The number of carboxylic acid groups (broad SMARTS) is 2. The molecular weight excluding hydrogens is 314 g/mol. The zero-order valence-corrected chi connectivity index (χ0v) is 14.3. The Hall–Kier alpha value is -2.09. The summed E-state index contributed by atoms with van der Waals surface area (Å²) in [5.74, 6) is -1.17. The normalized spacial score (nSPS) is 22.5. The van der Waals surface area contributed by atoms with Crippen molar-refractivity contribution >= 4 is 18.0 Å². The molecule has 8 heteroatoms. The number of carbonyl (C=O) groups excluding carboxylic acids is 1. The van der Waals surface area contributed by atoms with E-state index in [0.717, 1.165) is 39.3 Å². The minimum Gasteiger partial charge on any atom is -0.478 e. The van der Waals surface area contributed by atoms with E-state index in [-0.39, 0.29) is 6.03 Å². The van der Waals surface area contributed by atoms with Gasteiger partial charge in [-0.3, -0.25) is 0 Å². The molecule has 2 rings (SSSR count). The summed E-state index contributed by atoms with van der Waals surface area (Å²) >= 11 is 0. The summed E-state index contributed by atoms with van der Waals surface area (Å²) in [6.45, 7) is 9.79. The maximum Gasteiger partial charge on any atom is 0.328 e. The van der Waals surface area contributed by atoms with E-state index < -0.39 is 11.9 Å². The van der Waals surface area contributed by atoms with Crippen molar-refractivity contribution in [1.82, 2.24) is 15.1 Å². The SMILES string of the molecule is CCN(CC)C(=O)N1C[C@@H]2CNC[C@@H](C2)C1.O=C(O)/C=C/C(=O)O. The van der Waals surface area contributed by atoms with Gasteiger partial charge in [0.2, 0.25) is 0 Å². The quantitative estimate of drug-likeness (QED) is 0.649. The van der Waals surface area contributed by atoms with Crippen molar-refractivity contribution in [3.63, 3.8) is 0 Å². The molecule has 2 heterocycles. The first-order valence-electron chi connectivity index (χ1n) is 8.25. The van der Waals surface area contributed by atoms with E-state index in [9.17, 15) is 14.4 Å². The molecule has 136 valence electrons. The second-order valence-electron chi connectivity index (χ2n) is 6.00. The molecule has 0 aromatic carbocycles. The van der Waals surface area contributed by atoms with E-state index in [4.69, 9.17) is 10.2 Å². The van der Waals surface area contributed by atoms with Crippen molar-refractivity contribution in [3.8, 4) is 0 Å². The number of hydrogen-bond donors (Lipinski definition) is 3. The fourth-order valence-electron chi connectivity index (χ4n) is 3.10. The second-order valence-corrected chi connectivity index (χ2v) is 6.00. The van der Waals surface area contributed by atoms with Gasteiger partial charge in [0, 0.05) is 38.3 Å². The van der Waals surface area contributed by atoms with E-state index in [0.29, 0.717) is 24.0 Å². The van der Waals surface area contributed by atoms with Gasteiger partial charge in [0.15, 0.2) is 0 Å². The Morgan fingerprint density at radius 2 is 1.50 bits per heavy atom. The van der Waals surface area contributed by atoms with Crippen LogP contribution in [0.25, 0.3) is 0 Å². The van der Waals surface area contributed by atoms with Crippen molar-refractivity contribution in [2.24, 2.45) is 11.8 Å². The highest BCUT2D eigenvalue weighted by Gasteiger charge is 2.33. The highest BCUT2D eigenvalue weighted by molar-refractivity contribution is 5.89. The van der Waals surface area contributed by atoms with Gasteiger partial charge in [-0.15, -0.1) is 0 Å². The average molecular weight is 341 g/mol. The molecular formula is C16H27N3O5. The van der Waals surface area contributed by atoms with Gasteiger partial charge in [0.1, 0.15) is 0 Å². The monoisotopic (exact) mass is 341 g/mol. The number of hydrogen-bond acceptors (Lipinski definition) is 4. The average Bonchev–Trinajstić information content (AvgIpc) is 2.54. The summed E-state index contributed by atoms with van der Waals surface area (Å²) in [7, 11) is 0. The molecule has 2 aliphatic rings. The molecule has 0 spiro atoms. The Balaban J connectivity index is 0.000000307. The number of aliphatic carboxylic acids is 2. The Kier molecular flexibility index (Phi) is 8.25. The summed E-state index contributed by atoms with van der Waals surface area (Å²) < 4.78 is 0. The fraction of sp³-hybridized carbons (Fsp3) is 0.688. The second kappa shape index (κ2) is 9.92. The number of rotatable bonds is 4. The lowest BCUT2D eigenvalue weighted by atomic mass is 9.86. The molecule has 2 amide bonds. The number of nitrogens with zero attached hydrogens (tertiary/aromatic N) is 2. The highest BCUT2D eigenvalue weighted by Crippen LogP contribution is 2.25. The van der Waals surface area contributed by atoms with Gasteiger partial charge in [0.25, 0.3) is 0 Å². The molecule has 0 radical (unpaired) electrons. The van der Waals surface area contributed by atoms with E-state index in [1.54, 1.807) is 0 Å². The predicted molar refractivity (Wildman–Crippen MR) is 88.8 cm³/mol. The number of carbonyl (C=O) groups is 3. The number of likely N-dealkylation sites (tertiary alicyclic amines) is 1. The van der Waals surface area contributed by atoms with Gasteiger partial charge in [-0.1, -0.05) is 0 Å². The van der Waals surface area contributed by atoms with Crippen LogP contribution in [0, 0.1) is 11.8 Å². The number of piperidine rings is 2. The lowest BCUT2D eigenvalue weighted by Crippen LogP contribution is -2.55. The van der Waals surface area contributed by atoms with Gasteiger partial charge in [-0.25, -0.2) is 14.4 Å². The molecule has 2 fully saturated rings. The summed E-state index contributed by atoms with van der Waals surface area (Å²) in [6.07, 6.45) is 2.42. The Labute approximate surface area is 142 Å². The number of urea groups is 1. The lowest BCUT2D eigenvalue weighted by Gasteiger charge is -2.43. The summed E-state index contributed by atoms with van der Waals surface area (Å²) in [4.78, 5) is 35.3. The van der Waals surface area contributed by atoms with E-state index >= 15 is 0 Å². The van der Waals surface area contributed by atoms with Gasteiger partial charge < -0.3 is 25.3 Å². The molecule has 0 unspecified atom stereocenters. The van der Waals surface area contributed by atoms with Crippen LogP contribution in [0.4, 0.5) is 4.79 Å². The van der Waals surface area contributed by atoms with Crippen molar-refractivity contribution < 1.29 is 24.6 Å². The number of fused-ring (bicyclic) bond motifs is 2. The number of carboxylic acids is 2. The van der Waals surface area contributed by atoms with E-state index in [2.05, 4.69) is 10.2 Å². The van der Waals surface area contributed by atoms with Crippen molar-refractivity contribution in [1.29, 1.82) is 0 Å². The van der Waals surface area contributed by atoms with Crippen molar-refractivity contribution in [3.05, 3.63) is 12.2 Å². The first-order valence-corrected chi connectivity index (χ1v) is 8.25. The van der Waals surface area contributed by atoms with Crippen LogP contribution in [0.2, 0.25) is 0 Å². The van der Waals surface area contributed by atoms with Crippen LogP contribution >= 0.6 is 0 Å². The number of amides is 2. The first-order chi connectivity index (χ1) is 11.4. The molecule has 0 aromatic heterocycles. The lowest BCUT2D eigenvalue weighted by molar-refractivity contribution is -0.134. The smallest absolute Gasteiger partial charge is 0.328 e. The molecule has 2 saturated heterocycles. The van der Waals surface area contributed by atoms with Crippen LogP contribution in [-0.2, 0) is 9.59 Å². The minimum absolute atomic E-state index is 0.238. The summed E-state index contributed by atoms with van der Waals surface area (Å²) in [5.41, 5.74) is 0. The highest BCUT2D eigenvalue weighted by atomic mass is 16.4. The predicted octanol–water partition coefficient (Wildman–Crippen LogP) is 0.701. The fourth-order valence-corrected chi connectivity index (χ4v) is 3.10. The van der Waals surface area contributed by atoms with Gasteiger partial charge in [0.05, 0.1) is 0 Å². The van der Waals surface area contributed by atoms with E-state index in [1.165, 1.54) is 6.42 Å². The third-order valence-corrected chi connectivity index (χ3v) is 4.16. The van der Waals surface area contributed by atoms with Crippen LogP contribution in [-0.4, -0.2) is 77.3 Å². The summed E-state index contributed by atoms with van der Waals surface area (Å²) in [5, 5.41) is 19.1. The minimum atomic E-state index is -1.26. The molecule has 0 saturated carbocycles. The maximum atomic E-state index is 12.2. The third kappa shape index (κ3) is 6.57. The standard InChI is InChI=1S/C12H23N3O.C4H4O4/c1-3-14(4-2)12(16)15-8-10-5-11(9-15)7-13-6-10;5-3(6)1-2-4(7)8/h10-11,13H,3-9H2,1-2H3;1-2H,(H,5,6)(H,7,8)/b;2-1+/t10-,11+;. The zero-order valence-electron chi connectivity index (χ0n) is 14.3. The van der Waals surface area contributed by atoms with Crippen LogP contribution in [0.15, 0.2) is 12.2 Å². The molecule has 24 heavy (non-hydrogen) atoms. The zero-order chi connectivity index (χ0) is 18.1. The largest absolute Gasteiger partial charge is 0.478 e. The topological polar surface area (TPSA) is 110 Å². The van der Waals surface area contributed by atoms with Gasteiger partial charge >= 0.3 is 18.0 Å². The third-order valence-electron chi connectivity index (χ3n) is 4.16. The molecule has 3 N–H and O–H groups in total.